The summed E-state index contributed by atoms with van der Waals surface area (Å²) in [5.74, 6) is 0. The van der Waals surface area contributed by atoms with Crippen LogP contribution in [0.5, 0.6) is 0 Å². The van der Waals surface area contributed by atoms with Crippen molar-refractivity contribution in [2.75, 3.05) is 6.54 Å². The van der Waals surface area contributed by atoms with Crippen molar-refractivity contribution in [2.24, 2.45) is 0 Å². The molecule has 3 atom stereocenters. The second-order valence-electron chi connectivity index (χ2n) is 8.06. The summed E-state index contributed by atoms with van der Waals surface area (Å²) in [6.45, 7) is 8.79. The number of aliphatic hydroxyl groups excluding tert-OH is 1. The van der Waals surface area contributed by atoms with Crippen LogP contribution in [0.15, 0.2) is 0 Å². The molecular formula is C18H34N2O3. The fourth-order valence-electron chi connectivity index (χ4n) is 4.12. The summed E-state index contributed by atoms with van der Waals surface area (Å²) in [6.07, 6.45) is 6.76. The van der Waals surface area contributed by atoms with Crippen LogP contribution in [0.4, 0.5) is 4.79 Å². The number of carbonyl (C=O) groups excluding carboxylic acids is 1. The third-order valence-electron chi connectivity index (χ3n) is 5.08. The summed E-state index contributed by atoms with van der Waals surface area (Å²) in [5.41, 5.74) is -0.482. The quantitative estimate of drug-likeness (QED) is 0.833. The van der Waals surface area contributed by atoms with Crippen molar-refractivity contribution in [2.45, 2.75) is 102 Å². The molecule has 2 aliphatic carbocycles. The molecule has 0 aromatic rings. The number of carbonyl (C=O) groups is 1. The van der Waals surface area contributed by atoms with Crippen LogP contribution < -0.4 is 5.32 Å². The van der Waals surface area contributed by atoms with Crippen LogP contribution in [0.1, 0.15) is 72.6 Å². The molecule has 5 heteroatoms. The number of nitrogens with zero attached hydrogens (tertiary/aromatic N) is 1. The predicted octanol–water partition coefficient (Wildman–Crippen LogP) is 3.06. The highest BCUT2D eigenvalue weighted by molar-refractivity contribution is 5.68. The first-order valence-electron chi connectivity index (χ1n) is 9.23. The van der Waals surface area contributed by atoms with Gasteiger partial charge in [0.15, 0.2) is 0 Å². The molecule has 0 heterocycles. The van der Waals surface area contributed by atoms with Gasteiger partial charge in [-0.1, -0.05) is 19.8 Å². The number of nitrogens with one attached hydrogen (secondary N) is 1. The van der Waals surface area contributed by atoms with Crippen molar-refractivity contribution < 1.29 is 14.6 Å². The van der Waals surface area contributed by atoms with Crippen molar-refractivity contribution in [3.05, 3.63) is 0 Å². The van der Waals surface area contributed by atoms with Gasteiger partial charge >= 0.3 is 6.09 Å². The Kier molecular flexibility index (Phi) is 6.32. The third kappa shape index (κ3) is 5.35. The number of ether oxygens (including phenoxy) is 1. The molecule has 2 rings (SSSR count). The van der Waals surface area contributed by atoms with Crippen molar-refractivity contribution >= 4 is 6.09 Å². The molecule has 0 aromatic carbocycles. The Labute approximate surface area is 140 Å². The Bertz CT molecular complexity index is 388. The van der Waals surface area contributed by atoms with Gasteiger partial charge in [-0.15, -0.1) is 0 Å². The fraction of sp³-hybridized carbons (Fsp3) is 0.944. The number of likely N-dealkylation sites (N-methyl/N-ethyl adjacent to an activating group) is 1. The lowest BCUT2D eigenvalue weighted by Gasteiger charge is -2.44. The van der Waals surface area contributed by atoms with E-state index in [0.29, 0.717) is 6.04 Å². The van der Waals surface area contributed by atoms with E-state index in [1.807, 2.05) is 20.8 Å². The maximum Gasteiger partial charge on any atom is 0.407 e. The summed E-state index contributed by atoms with van der Waals surface area (Å²) in [7, 11) is 0. The topological polar surface area (TPSA) is 61.8 Å². The molecule has 2 N–H and O–H groups in total. The van der Waals surface area contributed by atoms with Gasteiger partial charge in [0.1, 0.15) is 5.60 Å². The molecular weight excluding hydrogens is 292 g/mol. The minimum atomic E-state index is -0.482. The molecule has 2 fully saturated rings. The molecule has 3 unspecified atom stereocenters. The van der Waals surface area contributed by atoms with Gasteiger partial charge in [-0.2, -0.15) is 0 Å². The highest BCUT2D eigenvalue weighted by Crippen LogP contribution is 2.31. The molecule has 0 aliphatic heterocycles. The minimum Gasteiger partial charge on any atom is -0.444 e. The van der Waals surface area contributed by atoms with Crippen LogP contribution in [0, 0.1) is 0 Å². The monoisotopic (exact) mass is 326 g/mol. The number of rotatable bonds is 4. The summed E-state index contributed by atoms with van der Waals surface area (Å²) in [5, 5.41) is 13.2. The van der Waals surface area contributed by atoms with Crippen LogP contribution in [0.25, 0.3) is 0 Å². The average molecular weight is 326 g/mol. The van der Waals surface area contributed by atoms with Gasteiger partial charge in [-0.3, -0.25) is 4.90 Å². The van der Waals surface area contributed by atoms with Gasteiger partial charge in [0.25, 0.3) is 0 Å². The molecule has 2 aliphatic rings. The van der Waals surface area contributed by atoms with Gasteiger partial charge in [0.05, 0.1) is 6.10 Å². The largest absolute Gasteiger partial charge is 0.444 e. The molecule has 0 aromatic heterocycles. The second-order valence-corrected chi connectivity index (χ2v) is 8.06. The molecule has 0 spiro atoms. The van der Waals surface area contributed by atoms with Gasteiger partial charge < -0.3 is 15.2 Å². The molecule has 134 valence electrons. The fourth-order valence-corrected chi connectivity index (χ4v) is 4.12. The van der Waals surface area contributed by atoms with E-state index in [1.165, 1.54) is 25.7 Å². The zero-order valence-corrected chi connectivity index (χ0v) is 15.2. The van der Waals surface area contributed by atoms with E-state index in [2.05, 4.69) is 17.1 Å². The van der Waals surface area contributed by atoms with Crippen LogP contribution >= 0.6 is 0 Å². The van der Waals surface area contributed by atoms with Crippen molar-refractivity contribution in [1.29, 1.82) is 0 Å². The Morgan fingerprint density at radius 2 is 1.87 bits per heavy atom. The molecule has 1 amide bonds. The highest BCUT2D eigenvalue weighted by Gasteiger charge is 2.38. The Hall–Kier alpha value is -0.810. The van der Waals surface area contributed by atoms with E-state index in [0.717, 1.165) is 25.8 Å². The highest BCUT2D eigenvalue weighted by atomic mass is 16.6. The smallest absolute Gasteiger partial charge is 0.407 e. The number of hydrogen-bond acceptors (Lipinski definition) is 4. The van der Waals surface area contributed by atoms with E-state index in [9.17, 15) is 9.90 Å². The maximum atomic E-state index is 12.2. The molecule has 5 nitrogen and oxygen atoms in total. The molecule has 23 heavy (non-hydrogen) atoms. The van der Waals surface area contributed by atoms with E-state index in [-0.39, 0.29) is 24.3 Å². The lowest BCUT2D eigenvalue weighted by Crippen LogP contribution is -2.58. The van der Waals surface area contributed by atoms with Crippen LogP contribution in [0.3, 0.4) is 0 Å². The third-order valence-corrected chi connectivity index (χ3v) is 5.08. The average Bonchev–Trinajstić information content (AvgIpc) is 2.94. The van der Waals surface area contributed by atoms with Crippen LogP contribution in [-0.4, -0.2) is 52.5 Å². The Morgan fingerprint density at radius 3 is 2.43 bits per heavy atom. The van der Waals surface area contributed by atoms with Gasteiger partial charge in [-0.05, 0) is 59.4 Å². The molecule has 2 saturated carbocycles. The van der Waals surface area contributed by atoms with Crippen molar-refractivity contribution in [3.8, 4) is 0 Å². The molecule has 0 bridgehead atoms. The number of hydrogen-bond donors (Lipinski definition) is 2. The predicted molar refractivity (Wildman–Crippen MR) is 91.4 cm³/mol. The molecule has 0 radical (unpaired) electrons. The number of alkyl carbamates (subject to hydrolysis) is 1. The second kappa shape index (κ2) is 7.84. The summed E-state index contributed by atoms with van der Waals surface area (Å²) in [4.78, 5) is 14.7. The lowest BCUT2D eigenvalue weighted by atomic mass is 9.86. The van der Waals surface area contributed by atoms with E-state index < -0.39 is 5.60 Å². The van der Waals surface area contributed by atoms with Crippen molar-refractivity contribution in [1.82, 2.24) is 10.2 Å². The first kappa shape index (κ1) is 18.5. The summed E-state index contributed by atoms with van der Waals surface area (Å²) < 4.78 is 5.42. The van der Waals surface area contributed by atoms with Gasteiger partial charge in [0.2, 0.25) is 0 Å². The Morgan fingerprint density at radius 1 is 1.22 bits per heavy atom. The normalized spacial score (nSPS) is 29.7. The summed E-state index contributed by atoms with van der Waals surface area (Å²) in [6, 6.07) is 0.867. The first-order chi connectivity index (χ1) is 10.8. The van der Waals surface area contributed by atoms with E-state index >= 15 is 0 Å². The van der Waals surface area contributed by atoms with Gasteiger partial charge in [-0.25, -0.2) is 4.79 Å². The standard InChI is InChI=1S/C18H34N2O3/c1-5-20(13-8-6-7-9-13)16-12-14(21)10-11-15(16)19-17(22)23-18(2,3)4/h13-16,21H,5-12H2,1-4H3,(H,19,22). The lowest BCUT2D eigenvalue weighted by molar-refractivity contribution is 0.0124. The maximum absolute atomic E-state index is 12.2. The zero-order chi connectivity index (χ0) is 17.0. The van der Waals surface area contributed by atoms with Crippen LogP contribution in [-0.2, 0) is 4.74 Å². The number of aliphatic hydroxyl groups is 1. The minimum absolute atomic E-state index is 0.0637. The first-order valence-corrected chi connectivity index (χ1v) is 9.23. The SMILES string of the molecule is CCN(C1CCCC1)C1CC(O)CCC1NC(=O)OC(C)(C)C. The zero-order valence-electron chi connectivity index (χ0n) is 15.2. The van der Waals surface area contributed by atoms with E-state index in [1.54, 1.807) is 0 Å². The molecule has 0 saturated heterocycles. The van der Waals surface area contributed by atoms with Crippen LogP contribution in [0.2, 0.25) is 0 Å². The van der Waals surface area contributed by atoms with Gasteiger partial charge in [0, 0.05) is 18.1 Å². The Balaban J connectivity index is 2.04. The van der Waals surface area contributed by atoms with E-state index in [4.69, 9.17) is 4.74 Å². The number of amides is 1. The summed E-state index contributed by atoms with van der Waals surface area (Å²) >= 11 is 0. The van der Waals surface area contributed by atoms with Crippen molar-refractivity contribution in [3.63, 3.8) is 0 Å².